The summed E-state index contributed by atoms with van der Waals surface area (Å²) in [5.41, 5.74) is 0.943. The summed E-state index contributed by atoms with van der Waals surface area (Å²) in [5.74, 6) is -0.425. The molecule has 0 radical (unpaired) electrons. The van der Waals surface area contributed by atoms with Gasteiger partial charge in [-0.2, -0.15) is 0 Å². The third-order valence-corrected chi connectivity index (χ3v) is 1.72. The quantitative estimate of drug-likeness (QED) is 0.707. The van der Waals surface area contributed by atoms with Crippen LogP contribution >= 0.6 is 0 Å². The Morgan fingerprint density at radius 2 is 1.80 bits per heavy atom. The highest BCUT2D eigenvalue weighted by Crippen LogP contribution is 2.23. The number of esters is 1. The summed E-state index contributed by atoms with van der Waals surface area (Å²) in [5, 5.41) is 0. The van der Waals surface area contributed by atoms with Gasteiger partial charge in [-0.25, -0.2) is 9.97 Å². The minimum Gasteiger partial charge on any atom is -0.451 e. The molecule has 0 N–H and O–H groups in total. The van der Waals surface area contributed by atoms with Crippen molar-refractivity contribution in [2.45, 2.75) is 13.0 Å². The highest BCUT2D eigenvalue weighted by atomic mass is 16.5. The van der Waals surface area contributed by atoms with Crippen LogP contribution in [-0.4, -0.2) is 15.9 Å². The normalized spacial score (nSPS) is 10.5. The van der Waals surface area contributed by atoms with Crippen LogP contribution in [0.2, 0.25) is 0 Å². The number of hydrogen-bond acceptors (Lipinski definition) is 6. The van der Waals surface area contributed by atoms with Crippen molar-refractivity contribution in [1.82, 2.24) is 9.97 Å². The molecule has 0 aliphatic rings. The summed E-state index contributed by atoms with van der Waals surface area (Å²) >= 11 is 0. The number of aromatic nitrogens is 2. The molecule has 0 saturated carbocycles. The van der Waals surface area contributed by atoms with Crippen molar-refractivity contribution in [1.29, 1.82) is 0 Å². The maximum absolute atomic E-state index is 10.9. The van der Waals surface area contributed by atoms with Crippen molar-refractivity contribution in [3.63, 3.8) is 0 Å². The van der Waals surface area contributed by atoms with Crippen LogP contribution < -0.4 is 0 Å². The van der Waals surface area contributed by atoms with E-state index in [-0.39, 0.29) is 0 Å². The van der Waals surface area contributed by atoms with Gasteiger partial charge in [0.2, 0.25) is 0 Å². The van der Waals surface area contributed by atoms with Gasteiger partial charge in [-0.1, -0.05) is 0 Å². The molecule has 0 saturated heterocycles. The average Bonchev–Trinajstić information content (AvgIpc) is 2.87. The fourth-order valence-corrected chi connectivity index (χ4v) is 1.14. The average molecular weight is 208 g/mol. The number of ether oxygens (including phenoxy) is 1. The molecule has 0 aromatic carbocycles. The second-order valence-corrected chi connectivity index (χ2v) is 2.82. The Bertz CT molecular complexity index is 387. The van der Waals surface area contributed by atoms with Gasteiger partial charge in [0.05, 0.1) is 0 Å². The molecule has 2 rings (SSSR count). The number of hydrogen-bond donors (Lipinski definition) is 0. The van der Waals surface area contributed by atoms with E-state index in [2.05, 4.69) is 9.97 Å². The molecule has 0 fully saturated rings. The lowest BCUT2D eigenvalue weighted by Crippen LogP contribution is -2.10. The Morgan fingerprint density at radius 3 is 2.13 bits per heavy atom. The molecule has 0 bridgehead atoms. The smallest absolute Gasteiger partial charge is 0.303 e. The van der Waals surface area contributed by atoms with Crippen LogP contribution in [-0.2, 0) is 9.53 Å². The maximum Gasteiger partial charge on any atom is 0.303 e. The summed E-state index contributed by atoms with van der Waals surface area (Å²) in [6.45, 7) is 1.31. The van der Waals surface area contributed by atoms with Gasteiger partial charge in [-0.3, -0.25) is 4.79 Å². The highest BCUT2D eigenvalue weighted by Gasteiger charge is 2.22. The molecule has 2 aromatic heterocycles. The Morgan fingerprint density at radius 1 is 1.27 bits per heavy atom. The summed E-state index contributed by atoms with van der Waals surface area (Å²) < 4.78 is 14.7. The zero-order chi connectivity index (χ0) is 10.7. The van der Waals surface area contributed by atoms with Gasteiger partial charge in [0, 0.05) is 6.92 Å². The van der Waals surface area contributed by atoms with Crippen LogP contribution in [0.1, 0.15) is 24.4 Å². The van der Waals surface area contributed by atoms with Gasteiger partial charge >= 0.3 is 5.97 Å². The van der Waals surface area contributed by atoms with Crippen LogP contribution in [0, 0.1) is 0 Å². The highest BCUT2D eigenvalue weighted by molar-refractivity contribution is 5.66. The summed E-state index contributed by atoms with van der Waals surface area (Å²) in [6, 6.07) is 0. The summed E-state index contributed by atoms with van der Waals surface area (Å²) in [6.07, 6.45) is 4.61. The van der Waals surface area contributed by atoms with Crippen molar-refractivity contribution in [3.8, 4) is 0 Å². The molecule has 0 spiro atoms. The molecule has 0 aliphatic heterocycles. The fraction of sp³-hybridized carbons (Fsp3) is 0.222. The van der Waals surface area contributed by atoms with Gasteiger partial charge in [0.15, 0.2) is 18.9 Å². The van der Waals surface area contributed by atoms with Crippen molar-refractivity contribution in [3.05, 3.63) is 36.7 Å². The van der Waals surface area contributed by atoms with Gasteiger partial charge in [-0.05, 0) is 0 Å². The largest absolute Gasteiger partial charge is 0.451 e. The fourth-order valence-electron chi connectivity index (χ4n) is 1.14. The monoisotopic (exact) mass is 208 g/mol. The molecule has 0 amide bonds. The Balaban J connectivity index is 2.29. The van der Waals surface area contributed by atoms with Gasteiger partial charge in [0.1, 0.15) is 23.9 Å². The Kier molecular flexibility index (Phi) is 2.49. The van der Waals surface area contributed by atoms with E-state index in [0.717, 1.165) is 0 Å². The lowest BCUT2D eigenvalue weighted by molar-refractivity contribution is -0.145. The van der Waals surface area contributed by atoms with E-state index in [1.165, 1.54) is 32.2 Å². The standard InChI is InChI=1S/C9H8N2O4/c1-6(12)15-9(7-2-13-4-10-7)8-3-14-5-11-8/h2-5,9H,1H3. The van der Waals surface area contributed by atoms with E-state index >= 15 is 0 Å². The molecular formula is C9H8N2O4. The first-order valence-corrected chi connectivity index (χ1v) is 4.21. The summed E-state index contributed by atoms with van der Waals surface area (Å²) in [7, 11) is 0. The van der Waals surface area contributed by atoms with Crippen LogP contribution in [0.5, 0.6) is 0 Å². The first-order chi connectivity index (χ1) is 7.27. The SMILES string of the molecule is CC(=O)OC(c1cocn1)c1cocn1. The van der Waals surface area contributed by atoms with Crippen LogP contribution in [0.15, 0.2) is 34.1 Å². The third-order valence-electron chi connectivity index (χ3n) is 1.72. The van der Waals surface area contributed by atoms with Crippen molar-refractivity contribution in [2.24, 2.45) is 0 Å². The van der Waals surface area contributed by atoms with E-state index < -0.39 is 12.1 Å². The lowest BCUT2D eigenvalue weighted by atomic mass is 10.2. The van der Waals surface area contributed by atoms with Crippen molar-refractivity contribution < 1.29 is 18.4 Å². The minimum absolute atomic E-state index is 0.425. The topological polar surface area (TPSA) is 78.4 Å². The molecule has 15 heavy (non-hydrogen) atoms. The van der Waals surface area contributed by atoms with E-state index in [0.29, 0.717) is 11.4 Å². The second-order valence-electron chi connectivity index (χ2n) is 2.82. The van der Waals surface area contributed by atoms with Gasteiger partial charge in [-0.15, -0.1) is 0 Å². The van der Waals surface area contributed by atoms with Crippen molar-refractivity contribution >= 4 is 5.97 Å². The zero-order valence-corrected chi connectivity index (χ0v) is 7.91. The Hall–Kier alpha value is -2.11. The molecule has 6 nitrogen and oxygen atoms in total. The van der Waals surface area contributed by atoms with Crippen LogP contribution in [0.25, 0.3) is 0 Å². The molecule has 2 aromatic rings. The molecule has 0 atom stereocenters. The molecular weight excluding hydrogens is 200 g/mol. The lowest BCUT2D eigenvalue weighted by Gasteiger charge is -2.10. The number of rotatable bonds is 3. The van der Waals surface area contributed by atoms with E-state index in [4.69, 9.17) is 13.6 Å². The first kappa shape index (κ1) is 9.45. The van der Waals surface area contributed by atoms with E-state index in [9.17, 15) is 4.79 Å². The van der Waals surface area contributed by atoms with E-state index in [1.54, 1.807) is 0 Å². The van der Waals surface area contributed by atoms with E-state index in [1.807, 2.05) is 0 Å². The van der Waals surface area contributed by atoms with Crippen LogP contribution in [0.3, 0.4) is 0 Å². The Labute approximate surface area is 84.9 Å². The van der Waals surface area contributed by atoms with Crippen LogP contribution in [0.4, 0.5) is 0 Å². The third kappa shape index (κ3) is 2.04. The summed E-state index contributed by atoms with van der Waals surface area (Å²) in [4.78, 5) is 18.7. The number of oxazole rings is 2. The number of carbonyl (C=O) groups excluding carboxylic acids is 1. The van der Waals surface area contributed by atoms with Gasteiger partial charge in [0.25, 0.3) is 0 Å². The second kappa shape index (κ2) is 3.95. The number of nitrogens with zero attached hydrogens (tertiary/aromatic N) is 2. The molecule has 2 heterocycles. The zero-order valence-electron chi connectivity index (χ0n) is 7.91. The number of carbonyl (C=O) groups is 1. The first-order valence-electron chi connectivity index (χ1n) is 4.21. The predicted octanol–water partition coefficient (Wildman–Crippen LogP) is 1.32. The molecule has 6 heteroatoms. The van der Waals surface area contributed by atoms with Gasteiger partial charge < -0.3 is 13.6 Å². The predicted molar refractivity (Wildman–Crippen MR) is 46.6 cm³/mol. The van der Waals surface area contributed by atoms with Crippen molar-refractivity contribution in [2.75, 3.05) is 0 Å². The maximum atomic E-state index is 10.9. The molecule has 0 unspecified atom stereocenters. The minimum atomic E-state index is -0.681. The molecule has 78 valence electrons. The molecule has 0 aliphatic carbocycles.